The smallest absolute Gasteiger partial charge is 0.224 e. The van der Waals surface area contributed by atoms with Crippen LogP contribution in [0.3, 0.4) is 0 Å². The molecule has 2 aromatic carbocycles. The maximum absolute atomic E-state index is 13.7. The van der Waals surface area contributed by atoms with Crippen LogP contribution in [-0.4, -0.2) is 18.4 Å². The molecule has 0 atom stereocenters. The molecular weight excluding hydrogens is 335 g/mol. The lowest BCUT2D eigenvalue weighted by molar-refractivity contribution is -0.117. The molecule has 0 saturated heterocycles. The van der Waals surface area contributed by atoms with E-state index in [2.05, 4.69) is 10.6 Å². The molecule has 0 bridgehead atoms. The van der Waals surface area contributed by atoms with Crippen LogP contribution in [0.15, 0.2) is 36.4 Å². The molecule has 2 aromatic rings. The van der Waals surface area contributed by atoms with Gasteiger partial charge in [0.2, 0.25) is 11.8 Å². The van der Waals surface area contributed by atoms with E-state index in [0.717, 1.165) is 16.8 Å². The van der Waals surface area contributed by atoms with Crippen LogP contribution in [0, 0.1) is 12.7 Å². The third-order valence-corrected chi connectivity index (χ3v) is 4.19. The van der Waals surface area contributed by atoms with E-state index in [4.69, 9.17) is 4.74 Å². The largest absolute Gasteiger partial charge is 0.494 e. The van der Waals surface area contributed by atoms with E-state index in [0.29, 0.717) is 31.6 Å². The zero-order valence-corrected chi connectivity index (χ0v) is 14.6. The molecule has 1 aliphatic heterocycles. The van der Waals surface area contributed by atoms with Crippen LogP contribution < -0.4 is 15.4 Å². The fourth-order valence-corrected chi connectivity index (χ4v) is 2.81. The van der Waals surface area contributed by atoms with Crippen LogP contribution in [0.25, 0.3) is 0 Å². The second-order valence-electron chi connectivity index (χ2n) is 6.35. The SMILES string of the molecule is Cc1ccc(NC(=O)CCCOc2ccc3c(c2)CCC(=O)N3)c(F)c1. The van der Waals surface area contributed by atoms with Crippen molar-refractivity contribution in [2.24, 2.45) is 0 Å². The van der Waals surface area contributed by atoms with Gasteiger partial charge in [-0.15, -0.1) is 0 Å². The average molecular weight is 356 g/mol. The van der Waals surface area contributed by atoms with Crippen LogP contribution >= 0.6 is 0 Å². The first-order valence-corrected chi connectivity index (χ1v) is 8.63. The number of rotatable bonds is 6. The van der Waals surface area contributed by atoms with Gasteiger partial charge in [0, 0.05) is 18.5 Å². The van der Waals surface area contributed by atoms with E-state index in [1.165, 1.54) is 6.07 Å². The Morgan fingerprint density at radius 3 is 2.88 bits per heavy atom. The van der Waals surface area contributed by atoms with Gasteiger partial charge >= 0.3 is 0 Å². The molecule has 1 heterocycles. The standard InChI is InChI=1S/C20H21FN2O3/c1-13-4-7-18(16(21)11-13)23-19(24)3-2-10-26-15-6-8-17-14(12-15)5-9-20(25)22-17/h4,6-8,11-12H,2-3,5,9-10H2,1H3,(H,22,25)(H,23,24). The minimum absolute atomic E-state index is 0.0298. The maximum atomic E-state index is 13.7. The minimum Gasteiger partial charge on any atom is -0.494 e. The molecule has 26 heavy (non-hydrogen) atoms. The summed E-state index contributed by atoms with van der Waals surface area (Å²) in [6.45, 7) is 2.18. The average Bonchev–Trinajstić information content (AvgIpc) is 2.61. The highest BCUT2D eigenvalue weighted by molar-refractivity contribution is 5.94. The van der Waals surface area contributed by atoms with Crippen LogP contribution in [0.2, 0.25) is 0 Å². The quantitative estimate of drug-likeness (QED) is 0.773. The molecule has 2 N–H and O–H groups in total. The number of halogens is 1. The van der Waals surface area contributed by atoms with Gasteiger partial charge in [-0.3, -0.25) is 9.59 Å². The van der Waals surface area contributed by atoms with Gasteiger partial charge in [-0.25, -0.2) is 4.39 Å². The predicted molar refractivity (Wildman–Crippen MR) is 97.9 cm³/mol. The van der Waals surface area contributed by atoms with Crippen molar-refractivity contribution in [2.45, 2.75) is 32.6 Å². The summed E-state index contributed by atoms with van der Waals surface area (Å²) in [5, 5.41) is 5.39. The van der Waals surface area contributed by atoms with Crippen molar-refractivity contribution in [1.29, 1.82) is 0 Å². The molecule has 136 valence electrons. The summed E-state index contributed by atoms with van der Waals surface area (Å²) < 4.78 is 19.4. The normalized spacial score (nSPS) is 12.9. The Morgan fingerprint density at radius 1 is 1.23 bits per heavy atom. The van der Waals surface area contributed by atoms with Crippen molar-refractivity contribution >= 4 is 23.2 Å². The van der Waals surface area contributed by atoms with E-state index in [9.17, 15) is 14.0 Å². The number of hydrogen-bond donors (Lipinski definition) is 2. The lowest BCUT2D eigenvalue weighted by Gasteiger charge is -2.17. The van der Waals surface area contributed by atoms with Crippen LogP contribution in [0.4, 0.5) is 15.8 Å². The van der Waals surface area contributed by atoms with Gasteiger partial charge < -0.3 is 15.4 Å². The fourth-order valence-electron chi connectivity index (χ4n) is 2.81. The Bertz CT molecular complexity index is 836. The number of carbonyl (C=O) groups is 2. The molecule has 1 aliphatic rings. The van der Waals surface area contributed by atoms with Crippen molar-refractivity contribution in [3.05, 3.63) is 53.3 Å². The predicted octanol–water partition coefficient (Wildman–Crippen LogP) is 3.82. The molecule has 0 spiro atoms. The third kappa shape index (κ3) is 4.59. The number of ether oxygens (including phenoxy) is 1. The zero-order chi connectivity index (χ0) is 18.5. The Balaban J connectivity index is 1.44. The van der Waals surface area contributed by atoms with E-state index in [-0.39, 0.29) is 23.9 Å². The number of carbonyl (C=O) groups excluding carboxylic acids is 2. The number of anilines is 2. The fraction of sp³-hybridized carbons (Fsp3) is 0.300. The summed E-state index contributed by atoms with van der Waals surface area (Å²) >= 11 is 0. The molecule has 2 amide bonds. The molecule has 0 fully saturated rings. The number of nitrogens with one attached hydrogen (secondary N) is 2. The van der Waals surface area contributed by atoms with Gasteiger partial charge in [0.05, 0.1) is 12.3 Å². The number of hydrogen-bond acceptors (Lipinski definition) is 3. The molecule has 0 aliphatic carbocycles. The molecule has 0 aromatic heterocycles. The molecule has 0 unspecified atom stereocenters. The summed E-state index contributed by atoms with van der Waals surface area (Å²) in [5.74, 6) is 0.0623. The molecule has 5 nitrogen and oxygen atoms in total. The first kappa shape index (κ1) is 17.9. The zero-order valence-electron chi connectivity index (χ0n) is 14.6. The number of benzene rings is 2. The molecular formula is C20H21FN2O3. The van der Waals surface area contributed by atoms with Gasteiger partial charge in [0.25, 0.3) is 0 Å². The van der Waals surface area contributed by atoms with Crippen molar-refractivity contribution in [3.8, 4) is 5.75 Å². The van der Waals surface area contributed by atoms with E-state index < -0.39 is 5.82 Å². The first-order chi connectivity index (χ1) is 12.5. The minimum atomic E-state index is -0.434. The van der Waals surface area contributed by atoms with Gasteiger partial charge in [0.1, 0.15) is 11.6 Å². The molecule has 3 rings (SSSR count). The highest BCUT2D eigenvalue weighted by atomic mass is 19.1. The van der Waals surface area contributed by atoms with Gasteiger partial charge in [-0.05, 0) is 61.2 Å². The Kier molecular flexibility index (Phi) is 5.51. The number of amides is 2. The summed E-state index contributed by atoms with van der Waals surface area (Å²) in [5.41, 5.74) is 2.87. The summed E-state index contributed by atoms with van der Waals surface area (Å²) in [6.07, 6.45) is 1.94. The van der Waals surface area contributed by atoms with E-state index in [1.807, 2.05) is 12.1 Å². The van der Waals surface area contributed by atoms with Gasteiger partial charge in [-0.1, -0.05) is 6.07 Å². The maximum Gasteiger partial charge on any atom is 0.224 e. The topological polar surface area (TPSA) is 67.4 Å². The second kappa shape index (κ2) is 7.99. The van der Waals surface area contributed by atoms with E-state index in [1.54, 1.807) is 25.1 Å². The molecule has 0 saturated carbocycles. The van der Waals surface area contributed by atoms with Crippen LogP contribution in [0.5, 0.6) is 5.75 Å². The van der Waals surface area contributed by atoms with E-state index >= 15 is 0 Å². The van der Waals surface area contributed by atoms with Crippen molar-refractivity contribution < 1.29 is 18.7 Å². The van der Waals surface area contributed by atoms with Crippen LogP contribution in [0.1, 0.15) is 30.4 Å². The summed E-state index contributed by atoms with van der Waals surface area (Å²) in [6, 6.07) is 10.2. The lowest BCUT2D eigenvalue weighted by Crippen LogP contribution is -2.18. The Hall–Kier alpha value is -2.89. The number of fused-ring (bicyclic) bond motifs is 1. The highest BCUT2D eigenvalue weighted by Gasteiger charge is 2.15. The van der Waals surface area contributed by atoms with Crippen LogP contribution in [-0.2, 0) is 16.0 Å². The molecule has 0 radical (unpaired) electrons. The first-order valence-electron chi connectivity index (χ1n) is 8.63. The van der Waals surface area contributed by atoms with Gasteiger partial charge in [0.15, 0.2) is 0 Å². The monoisotopic (exact) mass is 356 g/mol. The second-order valence-corrected chi connectivity index (χ2v) is 6.35. The number of aryl methyl sites for hydroxylation is 2. The van der Waals surface area contributed by atoms with Crippen molar-refractivity contribution in [3.63, 3.8) is 0 Å². The summed E-state index contributed by atoms with van der Waals surface area (Å²) in [4.78, 5) is 23.3. The summed E-state index contributed by atoms with van der Waals surface area (Å²) in [7, 11) is 0. The molecule has 6 heteroatoms. The van der Waals surface area contributed by atoms with Crippen molar-refractivity contribution in [2.75, 3.05) is 17.2 Å². The Labute approximate surface area is 151 Å². The highest BCUT2D eigenvalue weighted by Crippen LogP contribution is 2.26. The lowest BCUT2D eigenvalue weighted by atomic mass is 10.0. The third-order valence-electron chi connectivity index (χ3n) is 4.19. The Morgan fingerprint density at radius 2 is 2.08 bits per heavy atom. The van der Waals surface area contributed by atoms with Crippen molar-refractivity contribution in [1.82, 2.24) is 0 Å². The van der Waals surface area contributed by atoms with Gasteiger partial charge in [-0.2, -0.15) is 0 Å².